The number of nitrogen functional groups attached to an aromatic ring is 1. The Morgan fingerprint density at radius 3 is 2.35 bits per heavy atom. The number of anilines is 1. The van der Waals surface area contributed by atoms with Gasteiger partial charge >= 0.3 is 5.97 Å². The fourth-order valence-electron chi connectivity index (χ4n) is 2.75. The van der Waals surface area contributed by atoms with Crippen LogP contribution in [0.4, 0.5) is 10.1 Å². The molecule has 0 radical (unpaired) electrons. The lowest BCUT2D eigenvalue weighted by Crippen LogP contribution is -2.36. The third-order valence-corrected chi connectivity index (χ3v) is 3.83. The van der Waals surface area contributed by atoms with Crippen LogP contribution < -0.4 is 5.73 Å². The van der Waals surface area contributed by atoms with Gasteiger partial charge in [-0.05, 0) is 43.6 Å². The maximum absolute atomic E-state index is 13.6. The quantitative estimate of drug-likeness (QED) is 0.835. The molecule has 0 spiro atoms. The van der Waals surface area contributed by atoms with Crippen molar-refractivity contribution in [2.45, 2.75) is 38.1 Å². The van der Waals surface area contributed by atoms with Gasteiger partial charge in [0.1, 0.15) is 11.9 Å². The molecule has 0 amide bonds. The zero-order valence-corrected chi connectivity index (χ0v) is 11.5. The maximum atomic E-state index is 13.6. The van der Waals surface area contributed by atoms with Crippen molar-refractivity contribution in [3.05, 3.63) is 29.6 Å². The Labute approximate surface area is 118 Å². The summed E-state index contributed by atoms with van der Waals surface area (Å²) in [6.07, 6.45) is 5.43. The van der Waals surface area contributed by atoms with Crippen molar-refractivity contribution in [2.24, 2.45) is 0 Å². The summed E-state index contributed by atoms with van der Waals surface area (Å²) >= 11 is 0. The zero-order chi connectivity index (χ0) is 14.5. The van der Waals surface area contributed by atoms with Gasteiger partial charge in [-0.15, -0.1) is 0 Å². The average molecular weight is 280 g/mol. The summed E-state index contributed by atoms with van der Waals surface area (Å²) in [6, 6.07) is 3.50. The van der Waals surface area contributed by atoms with E-state index in [0.717, 1.165) is 38.8 Å². The number of carbonyl (C=O) groups is 1. The van der Waals surface area contributed by atoms with E-state index >= 15 is 0 Å². The molecule has 0 aromatic heterocycles. The van der Waals surface area contributed by atoms with Crippen molar-refractivity contribution in [2.75, 3.05) is 18.8 Å². The van der Waals surface area contributed by atoms with Gasteiger partial charge in [-0.2, -0.15) is 0 Å². The Balaban J connectivity index is 2.24. The molecule has 1 aromatic rings. The molecule has 1 aromatic carbocycles. The minimum atomic E-state index is -0.935. The maximum Gasteiger partial charge on any atom is 0.325 e. The molecule has 1 saturated heterocycles. The van der Waals surface area contributed by atoms with E-state index in [2.05, 4.69) is 0 Å². The van der Waals surface area contributed by atoms with Crippen LogP contribution in [0.25, 0.3) is 0 Å². The minimum absolute atomic E-state index is 0.0468. The topological polar surface area (TPSA) is 66.6 Å². The Kier molecular flexibility index (Phi) is 4.95. The van der Waals surface area contributed by atoms with Gasteiger partial charge in [0.05, 0.1) is 5.69 Å². The molecule has 1 aliphatic rings. The SMILES string of the molecule is Nc1ccc([C@H](C(=O)O)N2CCCCCCC2)cc1F. The summed E-state index contributed by atoms with van der Waals surface area (Å²) in [4.78, 5) is 13.5. The number of hydrogen-bond acceptors (Lipinski definition) is 3. The molecule has 0 bridgehead atoms. The van der Waals surface area contributed by atoms with Crippen LogP contribution in [0.1, 0.15) is 43.7 Å². The molecular formula is C15H21FN2O2. The lowest BCUT2D eigenvalue weighted by molar-refractivity contribution is -0.143. The number of benzene rings is 1. The van der Waals surface area contributed by atoms with E-state index in [1.54, 1.807) is 6.07 Å². The number of halogens is 1. The van der Waals surface area contributed by atoms with E-state index < -0.39 is 17.8 Å². The summed E-state index contributed by atoms with van der Waals surface area (Å²) in [5, 5.41) is 9.51. The van der Waals surface area contributed by atoms with Crippen LogP contribution in [0.5, 0.6) is 0 Å². The van der Waals surface area contributed by atoms with E-state index in [0.29, 0.717) is 5.56 Å². The average Bonchev–Trinajstić information content (AvgIpc) is 2.36. The molecule has 1 aliphatic heterocycles. The second kappa shape index (κ2) is 6.70. The lowest BCUT2D eigenvalue weighted by Gasteiger charge is -2.30. The number of nitrogens with two attached hydrogens (primary N) is 1. The third-order valence-electron chi connectivity index (χ3n) is 3.83. The number of carboxylic acids is 1. The van der Waals surface area contributed by atoms with Gasteiger partial charge in [0.15, 0.2) is 0 Å². The van der Waals surface area contributed by atoms with Crippen LogP contribution in [-0.2, 0) is 4.79 Å². The molecule has 1 heterocycles. The van der Waals surface area contributed by atoms with Crippen LogP contribution in [0.2, 0.25) is 0 Å². The number of aliphatic carboxylic acids is 1. The van der Waals surface area contributed by atoms with Crippen LogP contribution in [0.15, 0.2) is 18.2 Å². The fraction of sp³-hybridized carbons (Fsp3) is 0.533. The van der Waals surface area contributed by atoms with Crippen LogP contribution in [0.3, 0.4) is 0 Å². The molecule has 5 heteroatoms. The molecule has 0 unspecified atom stereocenters. The van der Waals surface area contributed by atoms with Crippen molar-refractivity contribution in [3.63, 3.8) is 0 Å². The van der Waals surface area contributed by atoms with E-state index in [1.165, 1.54) is 18.6 Å². The second-order valence-corrected chi connectivity index (χ2v) is 5.33. The van der Waals surface area contributed by atoms with E-state index in [-0.39, 0.29) is 5.69 Å². The normalized spacial score (nSPS) is 19.1. The van der Waals surface area contributed by atoms with Crippen molar-refractivity contribution < 1.29 is 14.3 Å². The van der Waals surface area contributed by atoms with Crippen LogP contribution in [-0.4, -0.2) is 29.1 Å². The number of nitrogens with zero attached hydrogens (tertiary/aromatic N) is 1. The van der Waals surface area contributed by atoms with Gasteiger partial charge in [0.2, 0.25) is 0 Å². The van der Waals surface area contributed by atoms with Gasteiger partial charge in [-0.1, -0.05) is 25.3 Å². The van der Waals surface area contributed by atoms with Crippen molar-refractivity contribution in [3.8, 4) is 0 Å². The van der Waals surface area contributed by atoms with Crippen LogP contribution in [0, 0.1) is 5.82 Å². The molecule has 0 aliphatic carbocycles. The summed E-state index contributed by atoms with van der Waals surface area (Å²) < 4.78 is 13.6. The van der Waals surface area contributed by atoms with Gasteiger partial charge in [-0.3, -0.25) is 9.69 Å². The Bertz CT molecular complexity index is 471. The number of likely N-dealkylation sites (tertiary alicyclic amines) is 1. The van der Waals surface area contributed by atoms with Gasteiger partial charge in [0.25, 0.3) is 0 Å². The third kappa shape index (κ3) is 3.48. The Hall–Kier alpha value is -1.62. The van der Waals surface area contributed by atoms with Crippen LogP contribution >= 0.6 is 0 Å². The minimum Gasteiger partial charge on any atom is -0.480 e. The highest BCUT2D eigenvalue weighted by molar-refractivity contribution is 5.75. The van der Waals surface area contributed by atoms with Gasteiger partial charge in [0, 0.05) is 0 Å². The predicted molar refractivity (Wildman–Crippen MR) is 75.8 cm³/mol. The van der Waals surface area contributed by atoms with E-state index in [1.807, 2.05) is 4.90 Å². The Morgan fingerprint density at radius 1 is 1.20 bits per heavy atom. The second-order valence-electron chi connectivity index (χ2n) is 5.33. The first kappa shape index (κ1) is 14.8. The number of hydrogen-bond donors (Lipinski definition) is 2. The summed E-state index contributed by atoms with van der Waals surface area (Å²) in [6.45, 7) is 1.48. The molecule has 0 saturated carbocycles. The highest BCUT2D eigenvalue weighted by atomic mass is 19.1. The molecule has 1 fully saturated rings. The smallest absolute Gasteiger partial charge is 0.325 e. The summed E-state index contributed by atoms with van der Waals surface area (Å²) in [5.41, 5.74) is 5.96. The molecule has 4 nitrogen and oxygen atoms in total. The molecule has 1 atom stereocenters. The number of carboxylic acid groups (broad SMARTS) is 1. The van der Waals surface area contributed by atoms with Crippen molar-refractivity contribution in [1.82, 2.24) is 4.90 Å². The fourth-order valence-corrected chi connectivity index (χ4v) is 2.75. The van der Waals surface area contributed by atoms with E-state index in [4.69, 9.17) is 5.73 Å². The summed E-state index contributed by atoms with van der Waals surface area (Å²) in [5.74, 6) is -1.49. The van der Waals surface area contributed by atoms with Gasteiger partial charge < -0.3 is 10.8 Å². The zero-order valence-electron chi connectivity index (χ0n) is 11.5. The first-order chi connectivity index (χ1) is 9.59. The Morgan fingerprint density at radius 2 is 1.80 bits per heavy atom. The first-order valence-electron chi connectivity index (χ1n) is 7.11. The standard InChI is InChI=1S/C15H21FN2O2/c16-12-10-11(6-7-13(12)17)14(15(19)20)18-8-4-2-1-3-5-9-18/h6-7,10,14H,1-5,8-9,17H2,(H,19,20)/t14-/m1/s1. The molecular weight excluding hydrogens is 259 g/mol. The summed E-state index contributed by atoms with van der Waals surface area (Å²) in [7, 11) is 0. The largest absolute Gasteiger partial charge is 0.480 e. The lowest BCUT2D eigenvalue weighted by atomic mass is 10.0. The van der Waals surface area contributed by atoms with Crippen molar-refractivity contribution in [1.29, 1.82) is 0 Å². The predicted octanol–water partition coefficient (Wildman–Crippen LogP) is 2.80. The molecule has 3 N–H and O–H groups in total. The molecule has 110 valence electrons. The van der Waals surface area contributed by atoms with E-state index in [9.17, 15) is 14.3 Å². The number of rotatable bonds is 3. The molecule has 20 heavy (non-hydrogen) atoms. The highest BCUT2D eigenvalue weighted by Gasteiger charge is 2.28. The van der Waals surface area contributed by atoms with Crippen molar-refractivity contribution >= 4 is 11.7 Å². The molecule has 2 rings (SSSR count). The van der Waals surface area contributed by atoms with Gasteiger partial charge in [-0.25, -0.2) is 4.39 Å². The monoisotopic (exact) mass is 280 g/mol. The first-order valence-corrected chi connectivity index (χ1v) is 7.11. The highest BCUT2D eigenvalue weighted by Crippen LogP contribution is 2.26.